The summed E-state index contributed by atoms with van der Waals surface area (Å²) >= 11 is 0. The predicted octanol–water partition coefficient (Wildman–Crippen LogP) is 3.67. The molecule has 1 aromatic heterocycles. The molecule has 1 amide bonds. The largest absolute Gasteiger partial charge is 0.489 e. The van der Waals surface area contributed by atoms with Crippen molar-refractivity contribution in [1.29, 1.82) is 0 Å². The molecular formula is C21H21N3O4S. The molecule has 0 radical (unpaired) electrons. The van der Waals surface area contributed by atoms with Crippen LogP contribution in [0.4, 0.5) is 11.4 Å². The molecule has 0 aliphatic rings. The lowest BCUT2D eigenvalue weighted by molar-refractivity contribution is 0.102. The SMILES string of the molecule is CCS(=O)(=O)Nc1ccc(NC(=O)c2cccc(OCc3cccnc3)c2)cc1. The molecule has 7 nitrogen and oxygen atoms in total. The zero-order chi connectivity index (χ0) is 20.7. The van der Waals surface area contributed by atoms with Gasteiger partial charge in [-0.2, -0.15) is 0 Å². The Morgan fingerprint density at radius 1 is 1.03 bits per heavy atom. The minimum Gasteiger partial charge on any atom is -0.489 e. The number of rotatable bonds is 8. The third kappa shape index (κ3) is 6.05. The Morgan fingerprint density at radius 3 is 2.48 bits per heavy atom. The molecule has 0 atom stereocenters. The highest BCUT2D eigenvalue weighted by atomic mass is 32.2. The molecule has 3 aromatic rings. The molecule has 0 aliphatic heterocycles. The first-order valence-corrected chi connectivity index (χ1v) is 10.6. The number of ether oxygens (including phenoxy) is 1. The van der Waals surface area contributed by atoms with Gasteiger partial charge in [-0.15, -0.1) is 0 Å². The van der Waals surface area contributed by atoms with Gasteiger partial charge in [-0.25, -0.2) is 8.42 Å². The van der Waals surface area contributed by atoms with Crippen LogP contribution < -0.4 is 14.8 Å². The summed E-state index contributed by atoms with van der Waals surface area (Å²) in [7, 11) is -3.34. The van der Waals surface area contributed by atoms with Gasteiger partial charge >= 0.3 is 0 Å². The fourth-order valence-corrected chi connectivity index (χ4v) is 3.09. The van der Waals surface area contributed by atoms with E-state index in [1.165, 1.54) is 0 Å². The Hall–Kier alpha value is -3.39. The van der Waals surface area contributed by atoms with Crippen LogP contribution in [0.5, 0.6) is 5.75 Å². The van der Waals surface area contributed by atoms with Crippen molar-refractivity contribution in [3.8, 4) is 5.75 Å². The first-order valence-electron chi connectivity index (χ1n) is 8.99. The van der Waals surface area contributed by atoms with Crippen molar-refractivity contribution < 1.29 is 17.9 Å². The van der Waals surface area contributed by atoms with Crippen LogP contribution in [0, 0.1) is 0 Å². The van der Waals surface area contributed by atoms with Crippen LogP contribution in [-0.4, -0.2) is 25.1 Å². The van der Waals surface area contributed by atoms with Crippen LogP contribution >= 0.6 is 0 Å². The van der Waals surface area contributed by atoms with Crippen LogP contribution in [0.3, 0.4) is 0 Å². The molecule has 8 heteroatoms. The number of carbonyl (C=O) groups is 1. The molecule has 1 heterocycles. The first-order chi connectivity index (χ1) is 13.9. The second-order valence-corrected chi connectivity index (χ2v) is 8.23. The number of amides is 1. The van der Waals surface area contributed by atoms with Crippen molar-refractivity contribution in [2.45, 2.75) is 13.5 Å². The number of hydrogen-bond donors (Lipinski definition) is 2. The monoisotopic (exact) mass is 411 g/mol. The van der Waals surface area contributed by atoms with E-state index in [9.17, 15) is 13.2 Å². The van der Waals surface area contributed by atoms with Crippen LogP contribution in [0.2, 0.25) is 0 Å². The van der Waals surface area contributed by atoms with E-state index in [-0.39, 0.29) is 11.7 Å². The predicted molar refractivity (Wildman–Crippen MR) is 112 cm³/mol. The van der Waals surface area contributed by atoms with E-state index in [0.29, 0.717) is 29.3 Å². The van der Waals surface area contributed by atoms with Crippen LogP contribution in [0.25, 0.3) is 0 Å². The Labute approximate surface area is 169 Å². The normalized spacial score (nSPS) is 10.9. The fourth-order valence-electron chi connectivity index (χ4n) is 2.45. The summed E-state index contributed by atoms with van der Waals surface area (Å²) in [5.74, 6) is 0.273. The number of nitrogens with one attached hydrogen (secondary N) is 2. The Morgan fingerprint density at radius 2 is 1.79 bits per heavy atom. The average molecular weight is 411 g/mol. The number of aromatic nitrogens is 1. The smallest absolute Gasteiger partial charge is 0.255 e. The second-order valence-electron chi connectivity index (χ2n) is 6.21. The summed E-state index contributed by atoms with van der Waals surface area (Å²) in [4.78, 5) is 16.6. The van der Waals surface area contributed by atoms with Gasteiger partial charge in [0, 0.05) is 34.9 Å². The molecule has 2 aromatic carbocycles. The highest BCUT2D eigenvalue weighted by Crippen LogP contribution is 2.18. The van der Waals surface area contributed by atoms with Gasteiger partial charge in [0.05, 0.1) is 5.75 Å². The van der Waals surface area contributed by atoms with E-state index >= 15 is 0 Å². The molecule has 0 bridgehead atoms. The van der Waals surface area contributed by atoms with Crippen LogP contribution in [0.15, 0.2) is 73.1 Å². The van der Waals surface area contributed by atoms with Crippen LogP contribution in [0.1, 0.15) is 22.8 Å². The summed E-state index contributed by atoms with van der Waals surface area (Å²) in [6.07, 6.45) is 3.42. The maximum Gasteiger partial charge on any atom is 0.255 e. The summed E-state index contributed by atoms with van der Waals surface area (Å²) in [5, 5.41) is 2.78. The highest BCUT2D eigenvalue weighted by Gasteiger charge is 2.09. The van der Waals surface area contributed by atoms with E-state index in [1.807, 2.05) is 12.1 Å². The molecule has 150 valence electrons. The molecule has 0 saturated heterocycles. The van der Waals surface area contributed by atoms with Crippen molar-refractivity contribution in [2.75, 3.05) is 15.8 Å². The third-order valence-electron chi connectivity index (χ3n) is 4.02. The van der Waals surface area contributed by atoms with E-state index in [4.69, 9.17) is 4.74 Å². The van der Waals surface area contributed by atoms with Gasteiger partial charge in [0.25, 0.3) is 5.91 Å². The van der Waals surface area contributed by atoms with Gasteiger partial charge in [-0.1, -0.05) is 12.1 Å². The van der Waals surface area contributed by atoms with Gasteiger partial charge in [-0.05, 0) is 55.5 Å². The van der Waals surface area contributed by atoms with E-state index in [1.54, 1.807) is 67.8 Å². The topological polar surface area (TPSA) is 97.4 Å². The number of hydrogen-bond acceptors (Lipinski definition) is 5. The number of anilines is 2. The molecule has 0 fully saturated rings. The van der Waals surface area contributed by atoms with Crippen molar-refractivity contribution in [2.24, 2.45) is 0 Å². The number of sulfonamides is 1. The van der Waals surface area contributed by atoms with Gasteiger partial charge in [-0.3, -0.25) is 14.5 Å². The maximum absolute atomic E-state index is 12.5. The molecule has 0 spiro atoms. The molecule has 0 unspecified atom stereocenters. The minimum absolute atomic E-state index is 0.00924. The van der Waals surface area contributed by atoms with Crippen molar-refractivity contribution in [1.82, 2.24) is 4.98 Å². The van der Waals surface area contributed by atoms with Crippen molar-refractivity contribution in [3.05, 3.63) is 84.2 Å². The van der Waals surface area contributed by atoms with Gasteiger partial charge in [0.15, 0.2) is 0 Å². The quantitative estimate of drug-likeness (QED) is 0.589. The van der Waals surface area contributed by atoms with Crippen molar-refractivity contribution in [3.63, 3.8) is 0 Å². The summed E-state index contributed by atoms with van der Waals surface area (Å²) in [6.45, 7) is 1.92. The van der Waals surface area contributed by atoms with Gasteiger partial charge < -0.3 is 10.1 Å². The Kier molecular flexibility index (Phi) is 6.46. The van der Waals surface area contributed by atoms with Gasteiger partial charge in [0.2, 0.25) is 10.0 Å². The summed E-state index contributed by atoms with van der Waals surface area (Å²) in [6, 6.07) is 17.1. The maximum atomic E-state index is 12.5. The lowest BCUT2D eigenvalue weighted by atomic mass is 10.2. The summed E-state index contributed by atoms with van der Waals surface area (Å²) < 4.78 is 31.4. The summed E-state index contributed by atoms with van der Waals surface area (Å²) in [5.41, 5.74) is 2.37. The lowest BCUT2D eigenvalue weighted by Crippen LogP contribution is -2.15. The third-order valence-corrected chi connectivity index (χ3v) is 5.33. The zero-order valence-corrected chi connectivity index (χ0v) is 16.6. The van der Waals surface area contributed by atoms with Crippen molar-refractivity contribution >= 4 is 27.3 Å². The van der Waals surface area contributed by atoms with E-state index in [2.05, 4.69) is 15.0 Å². The number of nitrogens with zero attached hydrogens (tertiary/aromatic N) is 1. The number of pyridine rings is 1. The molecular weight excluding hydrogens is 390 g/mol. The minimum atomic E-state index is -3.34. The fraction of sp³-hybridized carbons (Fsp3) is 0.143. The molecule has 0 saturated carbocycles. The second kappa shape index (κ2) is 9.20. The van der Waals surface area contributed by atoms with Crippen LogP contribution in [-0.2, 0) is 16.6 Å². The average Bonchev–Trinajstić information content (AvgIpc) is 2.74. The number of benzene rings is 2. The zero-order valence-electron chi connectivity index (χ0n) is 15.8. The van der Waals surface area contributed by atoms with E-state index in [0.717, 1.165) is 5.56 Å². The first kappa shape index (κ1) is 20.3. The number of carbonyl (C=O) groups excluding carboxylic acids is 1. The lowest BCUT2D eigenvalue weighted by Gasteiger charge is -2.10. The molecule has 29 heavy (non-hydrogen) atoms. The van der Waals surface area contributed by atoms with Gasteiger partial charge in [0.1, 0.15) is 12.4 Å². The molecule has 3 rings (SSSR count). The standard InChI is InChI=1S/C21H21N3O4S/c1-2-29(26,27)24-19-10-8-18(9-11-19)23-21(25)17-6-3-7-20(13-17)28-15-16-5-4-12-22-14-16/h3-14,24H,2,15H2,1H3,(H,23,25). The van der Waals surface area contributed by atoms with E-state index < -0.39 is 10.0 Å². The molecule has 2 N–H and O–H groups in total. The Balaban J connectivity index is 1.62. The highest BCUT2D eigenvalue weighted by molar-refractivity contribution is 7.92. The Bertz CT molecular complexity index is 1070. The molecule has 0 aliphatic carbocycles.